The standard InChI is InChI=1S/C13H16Cl2N2O4S/c1-16(9-12(18)17-5-7-21-8-6-17)22(19,20)13-10(14)3-2-4-11(13)15/h2-4H,5-9H2,1H3. The van der Waals surface area contributed by atoms with Crippen molar-refractivity contribution < 1.29 is 17.9 Å². The molecule has 122 valence electrons. The second-order valence-electron chi connectivity index (χ2n) is 4.81. The van der Waals surface area contributed by atoms with Crippen LogP contribution < -0.4 is 0 Å². The van der Waals surface area contributed by atoms with Gasteiger partial charge in [0, 0.05) is 20.1 Å². The molecule has 0 unspecified atom stereocenters. The van der Waals surface area contributed by atoms with E-state index < -0.39 is 10.0 Å². The molecule has 0 aliphatic carbocycles. The summed E-state index contributed by atoms with van der Waals surface area (Å²) in [6, 6.07) is 4.44. The number of sulfonamides is 1. The minimum absolute atomic E-state index is 0.0261. The van der Waals surface area contributed by atoms with Gasteiger partial charge in [0.05, 0.1) is 29.8 Å². The van der Waals surface area contributed by atoms with Crippen molar-refractivity contribution in [1.82, 2.24) is 9.21 Å². The molecule has 2 rings (SSSR count). The Kier molecular flexibility index (Phi) is 5.68. The van der Waals surface area contributed by atoms with Crippen LogP contribution in [0.4, 0.5) is 0 Å². The number of halogens is 2. The highest BCUT2D eigenvalue weighted by Crippen LogP contribution is 2.30. The first-order valence-electron chi connectivity index (χ1n) is 6.60. The fraction of sp³-hybridized carbons (Fsp3) is 0.462. The van der Waals surface area contributed by atoms with E-state index >= 15 is 0 Å². The highest BCUT2D eigenvalue weighted by atomic mass is 35.5. The van der Waals surface area contributed by atoms with Gasteiger partial charge in [-0.05, 0) is 12.1 Å². The van der Waals surface area contributed by atoms with E-state index in [4.69, 9.17) is 27.9 Å². The molecule has 1 amide bonds. The van der Waals surface area contributed by atoms with Crippen molar-refractivity contribution in [2.45, 2.75) is 4.90 Å². The fourth-order valence-electron chi connectivity index (χ4n) is 2.07. The highest BCUT2D eigenvalue weighted by Gasteiger charge is 2.29. The molecule has 9 heteroatoms. The zero-order valence-electron chi connectivity index (χ0n) is 12.0. The van der Waals surface area contributed by atoms with Crippen molar-refractivity contribution in [2.24, 2.45) is 0 Å². The van der Waals surface area contributed by atoms with Gasteiger partial charge in [0.25, 0.3) is 0 Å². The summed E-state index contributed by atoms with van der Waals surface area (Å²) in [4.78, 5) is 13.5. The predicted octanol–water partition coefficient (Wildman–Crippen LogP) is 1.47. The summed E-state index contributed by atoms with van der Waals surface area (Å²) in [5, 5.41) is 0.0522. The predicted molar refractivity (Wildman–Crippen MR) is 83.7 cm³/mol. The number of nitrogens with zero attached hydrogens (tertiary/aromatic N) is 2. The molecule has 1 saturated heterocycles. The second-order valence-corrected chi connectivity index (χ2v) is 7.60. The number of rotatable bonds is 4. The van der Waals surface area contributed by atoms with Gasteiger partial charge in [0.2, 0.25) is 15.9 Å². The molecule has 1 aromatic carbocycles. The molecule has 1 aliphatic rings. The molecule has 0 aromatic heterocycles. The van der Waals surface area contributed by atoms with Crippen LogP contribution in [-0.4, -0.2) is 63.4 Å². The van der Waals surface area contributed by atoms with Crippen molar-refractivity contribution in [2.75, 3.05) is 39.9 Å². The molecule has 1 aromatic rings. The average molecular weight is 367 g/mol. The van der Waals surface area contributed by atoms with Gasteiger partial charge in [-0.3, -0.25) is 4.79 Å². The molecular weight excluding hydrogens is 351 g/mol. The Morgan fingerprint density at radius 2 is 1.82 bits per heavy atom. The minimum atomic E-state index is -3.94. The number of benzene rings is 1. The summed E-state index contributed by atoms with van der Waals surface area (Å²) in [7, 11) is -2.62. The van der Waals surface area contributed by atoms with Crippen molar-refractivity contribution in [1.29, 1.82) is 0 Å². The zero-order valence-corrected chi connectivity index (χ0v) is 14.3. The Labute approximate surface area is 139 Å². The van der Waals surface area contributed by atoms with E-state index in [0.717, 1.165) is 4.31 Å². The average Bonchev–Trinajstić information content (AvgIpc) is 2.47. The number of hydrogen-bond acceptors (Lipinski definition) is 4. The van der Waals surface area contributed by atoms with Gasteiger partial charge in [0.15, 0.2) is 0 Å². The van der Waals surface area contributed by atoms with Crippen LogP contribution in [0.5, 0.6) is 0 Å². The third kappa shape index (κ3) is 3.72. The molecule has 0 N–H and O–H groups in total. The van der Waals surface area contributed by atoms with Crippen molar-refractivity contribution in [3.63, 3.8) is 0 Å². The first-order valence-corrected chi connectivity index (χ1v) is 8.79. The quantitative estimate of drug-likeness (QED) is 0.809. The van der Waals surface area contributed by atoms with Gasteiger partial charge >= 0.3 is 0 Å². The smallest absolute Gasteiger partial charge is 0.246 e. The Bertz CT molecular complexity index is 640. The molecule has 1 heterocycles. The normalized spacial score (nSPS) is 16.1. The van der Waals surface area contributed by atoms with E-state index in [1.165, 1.54) is 19.2 Å². The van der Waals surface area contributed by atoms with Crippen LogP contribution in [0, 0.1) is 0 Å². The van der Waals surface area contributed by atoms with Crippen LogP contribution in [0.25, 0.3) is 0 Å². The zero-order chi connectivity index (χ0) is 16.3. The Hall–Kier alpha value is -0.860. The van der Waals surface area contributed by atoms with Gasteiger partial charge in [0.1, 0.15) is 4.90 Å². The molecular formula is C13H16Cl2N2O4S. The number of hydrogen-bond donors (Lipinski definition) is 0. The maximum Gasteiger partial charge on any atom is 0.246 e. The van der Waals surface area contributed by atoms with Crippen LogP contribution in [0.15, 0.2) is 23.1 Å². The first-order chi connectivity index (χ1) is 10.3. The van der Waals surface area contributed by atoms with Gasteiger partial charge < -0.3 is 9.64 Å². The number of ether oxygens (including phenoxy) is 1. The maximum absolute atomic E-state index is 12.6. The van der Waals surface area contributed by atoms with Crippen LogP contribution in [0.1, 0.15) is 0 Å². The minimum Gasteiger partial charge on any atom is -0.378 e. The van der Waals surface area contributed by atoms with Crippen LogP contribution >= 0.6 is 23.2 Å². The molecule has 1 fully saturated rings. The first kappa shape index (κ1) is 17.5. The SMILES string of the molecule is CN(CC(=O)N1CCOCC1)S(=O)(=O)c1c(Cl)cccc1Cl. The molecule has 0 radical (unpaired) electrons. The molecule has 0 bridgehead atoms. The van der Waals surface area contributed by atoms with Crippen LogP contribution in [-0.2, 0) is 19.6 Å². The third-order valence-corrected chi connectivity index (χ3v) is 6.07. The lowest BCUT2D eigenvalue weighted by Crippen LogP contribution is -2.46. The monoisotopic (exact) mass is 366 g/mol. The molecule has 6 nitrogen and oxygen atoms in total. The van der Waals surface area contributed by atoms with E-state index in [-0.39, 0.29) is 27.4 Å². The number of carbonyl (C=O) groups is 1. The Morgan fingerprint density at radius 1 is 1.27 bits per heavy atom. The number of carbonyl (C=O) groups excluding carboxylic acids is 1. The third-order valence-electron chi connectivity index (χ3n) is 3.31. The Morgan fingerprint density at radius 3 is 2.36 bits per heavy atom. The summed E-state index contributed by atoms with van der Waals surface area (Å²) in [6.07, 6.45) is 0. The summed E-state index contributed by atoms with van der Waals surface area (Å²) < 4.78 is 31.2. The summed E-state index contributed by atoms with van der Waals surface area (Å²) in [5.74, 6) is -0.280. The lowest BCUT2D eigenvalue weighted by molar-refractivity contribution is -0.135. The van der Waals surface area contributed by atoms with E-state index in [9.17, 15) is 13.2 Å². The fourth-order valence-corrected chi connectivity index (χ4v) is 4.28. The van der Waals surface area contributed by atoms with Crippen LogP contribution in [0.3, 0.4) is 0 Å². The molecule has 22 heavy (non-hydrogen) atoms. The van der Waals surface area contributed by atoms with Gasteiger partial charge in [-0.15, -0.1) is 0 Å². The van der Waals surface area contributed by atoms with Crippen molar-refractivity contribution in [3.05, 3.63) is 28.2 Å². The summed E-state index contributed by atoms with van der Waals surface area (Å²) >= 11 is 11.9. The topological polar surface area (TPSA) is 66.9 Å². The van der Waals surface area contributed by atoms with E-state index in [1.807, 2.05) is 0 Å². The lowest BCUT2D eigenvalue weighted by atomic mass is 10.4. The van der Waals surface area contributed by atoms with Crippen LogP contribution in [0.2, 0.25) is 10.0 Å². The van der Waals surface area contributed by atoms with E-state index in [1.54, 1.807) is 11.0 Å². The van der Waals surface area contributed by atoms with Gasteiger partial charge in [-0.1, -0.05) is 29.3 Å². The highest BCUT2D eigenvalue weighted by molar-refractivity contribution is 7.89. The van der Waals surface area contributed by atoms with E-state index in [0.29, 0.717) is 26.3 Å². The largest absolute Gasteiger partial charge is 0.378 e. The van der Waals surface area contributed by atoms with Crippen molar-refractivity contribution >= 4 is 39.1 Å². The van der Waals surface area contributed by atoms with Gasteiger partial charge in [-0.25, -0.2) is 8.42 Å². The number of amides is 1. The molecule has 0 spiro atoms. The van der Waals surface area contributed by atoms with Crippen molar-refractivity contribution in [3.8, 4) is 0 Å². The Balaban J connectivity index is 2.17. The molecule has 0 atom stereocenters. The number of likely N-dealkylation sites (N-methyl/N-ethyl adjacent to an activating group) is 1. The number of morpholine rings is 1. The maximum atomic E-state index is 12.6. The second kappa shape index (κ2) is 7.14. The molecule has 0 saturated carbocycles. The van der Waals surface area contributed by atoms with Gasteiger partial charge in [-0.2, -0.15) is 4.31 Å². The summed E-state index contributed by atoms with van der Waals surface area (Å²) in [6.45, 7) is 1.56. The summed E-state index contributed by atoms with van der Waals surface area (Å²) in [5.41, 5.74) is 0. The molecule has 1 aliphatic heterocycles. The van der Waals surface area contributed by atoms with E-state index in [2.05, 4.69) is 0 Å². The lowest BCUT2D eigenvalue weighted by Gasteiger charge is -2.28.